The molecule has 0 saturated heterocycles. The highest BCUT2D eigenvalue weighted by Gasteiger charge is 2.42. The van der Waals surface area contributed by atoms with Gasteiger partial charge in [-0.3, -0.25) is 14.9 Å². The SMILES string of the molecule is O=C(c1cc(O)c(O)c([N+](=O)[O-])c1)C1(c2ccccc2)CCCCC1. The van der Waals surface area contributed by atoms with Crippen molar-refractivity contribution in [2.24, 2.45) is 0 Å². The van der Waals surface area contributed by atoms with E-state index >= 15 is 0 Å². The number of Topliss-reactive ketones (excluding diaryl/α,β-unsaturated/α-hetero) is 1. The first kappa shape index (κ1) is 17.0. The molecule has 3 rings (SSSR count). The van der Waals surface area contributed by atoms with Crippen molar-refractivity contribution in [1.82, 2.24) is 0 Å². The highest BCUT2D eigenvalue weighted by molar-refractivity contribution is 6.05. The Morgan fingerprint density at radius 1 is 1.04 bits per heavy atom. The molecule has 1 fully saturated rings. The maximum Gasteiger partial charge on any atom is 0.315 e. The minimum Gasteiger partial charge on any atom is -0.504 e. The second-order valence-corrected chi connectivity index (χ2v) is 6.46. The van der Waals surface area contributed by atoms with Crippen LogP contribution in [0.1, 0.15) is 48.0 Å². The molecular weight excluding hydrogens is 322 g/mol. The number of hydrogen-bond donors (Lipinski definition) is 2. The number of hydrogen-bond acceptors (Lipinski definition) is 5. The molecule has 0 radical (unpaired) electrons. The van der Waals surface area contributed by atoms with Gasteiger partial charge < -0.3 is 10.2 Å². The number of nitro groups is 1. The van der Waals surface area contributed by atoms with Crippen molar-refractivity contribution in [2.75, 3.05) is 0 Å². The summed E-state index contributed by atoms with van der Waals surface area (Å²) in [4.78, 5) is 23.6. The first-order valence-corrected chi connectivity index (χ1v) is 8.26. The second-order valence-electron chi connectivity index (χ2n) is 6.46. The number of aromatic hydroxyl groups is 2. The van der Waals surface area contributed by atoms with Gasteiger partial charge in [0.25, 0.3) is 0 Å². The first-order chi connectivity index (χ1) is 12.0. The van der Waals surface area contributed by atoms with Gasteiger partial charge in [-0.25, -0.2) is 0 Å². The van der Waals surface area contributed by atoms with E-state index in [1.165, 1.54) is 0 Å². The number of nitro benzene ring substituents is 1. The average Bonchev–Trinajstić information content (AvgIpc) is 2.64. The lowest BCUT2D eigenvalue weighted by Crippen LogP contribution is -2.38. The van der Waals surface area contributed by atoms with Crippen LogP contribution in [0, 0.1) is 10.1 Å². The van der Waals surface area contributed by atoms with Gasteiger partial charge in [-0.15, -0.1) is 0 Å². The molecule has 1 saturated carbocycles. The summed E-state index contributed by atoms with van der Waals surface area (Å²) < 4.78 is 0. The van der Waals surface area contributed by atoms with Crippen LogP contribution in [0.3, 0.4) is 0 Å². The average molecular weight is 341 g/mol. The molecule has 25 heavy (non-hydrogen) atoms. The summed E-state index contributed by atoms with van der Waals surface area (Å²) in [6.07, 6.45) is 4.15. The number of carbonyl (C=O) groups is 1. The number of carbonyl (C=O) groups excluding carboxylic acids is 1. The Bertz CT molecular complexity index is 810. The fraction of sp³-hybridized carbons (Fsp3) is 0.316. The summed E-state index contributed by atoms with van der Waals surface area (Å²) in [5, 5.41) is 30.6. The van der Waals surface area contributed by atoms with Crippen molar-refractivity contribution >= 4 is 11.5 Å². The molecule has 0 atom stereocenters. The van der Waals surface area contributed by atoms with Crippen LogP contribution in [0.4, 0.5) is 5.69 Å². The van der Waals surface area contributed by atoms with Gasteiger partial charge in [-0.1, -0.05) is 49.6 Å². The van der Waals surface area contributed by atoms with Gasteiger partial charge in [0.05, 0.1) is 10.3 Å². The third kappa shape index (κ3) is 2.95. The topological polar surface area (TPSA) is 101 Å². The Morgan fingerprint density at radius 2 is 1.68 bits per heavy atom. The van der Waals surface area contributed by atoms with Crippen LogP contribution >= 0.6 is 0 Å². The van der Waals surface area contributed by atoms with Crippen molar-refractivity contribution in [1.29, 1.82) is 0 Å². The van der Waals surface area contributed by atoms with Crippen LogP contribution < -0.4 is 0 Å². The Kier molecular flexibility index (Phi) is 4.44. The van der Waals surface area contributed by atoms with E-state index in [-0.39, 0.29) is 11.3 Å². The molecule has 0 heterocycles. The minimum atomic E-state index is -0.820. The van der Waals surface area contributed by atoms with Gasteiger partial charge >= 0.3 is 5.69 Å². The highest BCUT2D eigenvalue weighted by atomic mass is 16.6. The first-order valence-electron chi connectivity index (χ1n) is 8.26. The monoisotopic (exact) mass is 341 g/mol. The Labute approximate surface area is 144 Å². The fourth-order valence-corrected chi connectivity index (χ4v) is 3.71. The van der Waals surface area contributed by atoms with Gasteiger partial charge in [-0.05, 0) is 24.5 Å². The molecule has 2 N–H and O–H groups in total. The standard InChI is InChI=1S/C19H19NO5/c21-16-12-13(11-15(17(16)22)20(24)25)18(23)19(9-5-2-6-10-19)14-7-3-1-4-8-14/h1,3-4,7-8,11-12,21-22H,2,5-6,9-10H2. The van der Waals surface area contributed by atoms with E-state index in [2.05, 4.69) is 0 Å². The molecule has 2 aromatic carbocycles. The minimum absolute atomic E-state index is 0.0488. The van der Waals surface area contributed by atoms with Gasteiger partial charge in [-0.2, -0.15) is 0 Å². The number of rotatable bonds is 4. The van der Waals surface area contributed by atoms with Crippen LogP contribution in [-0.2, 0) is 5.41 Å². The van der Waals surface area contributed by atoms with Crippen molar-refractivity contribution in [3.8, 4) is 11.5 Å². The van der Waals surface area contributed by atoms with E-state index in [0.29, 0.717) is 12.8 Å². The molecule has 1 aliphatic carbocycles. The maximum absolute atomic E-state index is 13.3. The molecule has 1 aliphatic rings. The molecule has 0 aliphatic heterocycles. The Balaban J connectivity index is 2.12. The smallest absolute Gasteiger partial charge is 0.315 e. The Morgan fingerprint density at radius 3 is 2.28 bits per heavy atom. The molecule has 2 aromatic rings. The normalized spacial score (nSPS) is 16.3. The van der Waals surface area contributed by atoms with E-state index in [0.717, 1.165) is 37.0 Å². The second kappa shape index (κ2) is 6.55. The molecule has 6 heteroatoms. The van der Waals surface area contributed by atoms with Crippen molar-refractivity contribution < 1.29 is 19.9 Å². The third-order valence-electron chi connectivity index (χ3n) is 5.00. The van der Waals surface area contributed by atoms with Gasteiger partial charge in [0.15, 0.2) is 11.5 Å². The number of benzene rings is 2. The van der Waals surface area contributed by atoms with Crippen LogP contribution in [0.5, 0.6) is 11.5 Å². The predicted molar refractivity (Wildman–Crippen MR) is 92.0 cm³/mol. The van der Waals surface area contributed by atoms with E-state index in [1.54, 1.807) is 0 Å². The molecule has 0 amide bonds. The number of phenolic OH excluding ortho intramolecular Hbond substituents is 2. The lowest BCUT2D eigenvalue weighted by molar-refractivity contribution is -0.386. The van der Waals surface area contributed by atoms with Gasteiger partial charge in [0.1, 0.15) is 0 Å². The number of ketones is 1. The van der Waals surface area contributed by atoms with E-state index in [4.69, 9.17) is 0 Å². The predicted octanol–water partition coefficient (Wildman–Crippen LogP) is 4.09. The molecule has 0 bridgehead atoms. The molecule has 130 valence electrons. The van der Waals surface area contributed by atoms with E-state index in [1.807, 2.05) is 30.3 Å². The summed E-state index contributed by atoms with van der Waals surface area (Å²) in [6, 6.07) is 11.6. The van der Waals surface area contributed by atoms with E-state index < -0.39 is 27.5 Å². The molecule has 0 spiro atoms. The number of nitrogens with zero attached hydrogens (tertiary/aromatic N) is 1. The van der Waals surface area contributed by atoms with Crippen molar-refractivity contribution in [3.63, 3.8) is 0 Å². The quantitative estimate of drug-likeness (QED) is 0.377. The summed E-state index contributed by atoms with van der Waals surface area (Å²) in [6.45, 7) is 0. The zero-order valence-corrected chi connectivity index (χ0v) is 13.6. The van der Waals surface area contributed by atoms with Crippen LogP contribution in [-0.4, -0.2) is 20.9 Å². The van der Waals surface area contributed by atoms with Crippen molar-refractivity contribution in [2.45, 2.75) is 37.5 Å². The molecule has 0 unspecified atom stereocenters. The molecular formula is C19H19NO5. The molecule has 6 nitrogen and oxygen atoms in total. The van der Waals surface area contributed by atoms with Gasteiger partial charge in [0.2, 0.25) is 5.75 Å². The van der Waals surface area contributed by atoms with Crippen LogP contribution in [0.2, 0.25) is 0 Å². The third-order valence-corrected chi connectivity index (χ3v) is 5.00. The lowest BCUT2D eigenvalue weighted by atomic mass is 9.65. The largest absolute Gasteiger partial charge is 0.504 e. The maximum atomic E-state index is 13.3. The zero-order valence-electron chi connectivity index (χ0n) is 13.6. The molecule has 0 aromatic heterocycles. The highest BCUT2D eigenvalue weighted by Crippen LogP contribution is 2.44. The fourth-order valence-electron chi connectivity index (χ4n) is 3.71. The summed E-state index contributed by atoms with van der Waals surface area (Å²) in [5.41, 5.74) is -0.485. The Hall–Kier alpha value is -2.89. The van der Waals surface area contributed by atoms with Crippen LogP contribution in [0.15, 0.2) is 42.5 Å². The van der Waals surface area contributed by atoms with E-state index in [9.17, 15) is 25.1 Å². The van der Waals surface area contributed by atoms with Crippen molar-refractivity contribution in [3.05, 3.63) is 63.7 Å². The summed E-state index contributed by atoms with van der Waals surface area (Å²) >= 11 is 0. The summed E-state index contributed by atoms with van der Waals surface area (Å²) in [5.74, 6) is -1.73. The lowest BCUT2D eigenvalue weighted by Gasteiger charge is -2.36. The zero-order chi connectivity index (χ0) is 18.0. The summed E-state index contributed by atoms with van der Waals surface area (Å²) in [7, 11) is 0. The number of phenols is 2. The van der Waals surface area contributed by atoms with Crippen LogP contribution in [0.25, 0.3) is 0 Å². The van der Waals surface area contributed by atoms with Gasteiger partial charge in [0, 0.05) is 11.6 Å².